The number of hydrogen-bond donors (Lipinski definition) is 1. The maximum absolute atomic E-state index is 12.3. The number of benzene rings is 1. The Labute approximate surface area is 143 Å². The molecule has 0 unspecified atom stereocenters. The van der Waals surface area contributed by atoms with Crippen molar-refractivity contribution in [3.63, 3.8) is 0 Å². The molecule has 1 aliphatic rings. The Morgan fingerprint density at radius 3 is 2.46 bits per heavy atom. The van der Waals surface area contributed by atoms with Crippen LogP contribution in [0.1, 0.15) is 48.0 Å². The van der Waals surface area contributed by atoms with Crippen LogP contribution in [0.4, 0.5) is 5.95 Å². The number of amides is 1. The number of aromatic nitrogens is 2. The summed E-state index contributed by atoms with van der Waals surface area (Å²) in [5, 5.41) is 3.09. The van der Waals surface area contributed by atoms with E-state index in [1.54, 1.807) is 12.4 Å². The lowest BCUT2D eigenvalue weighted by molar-refractivity contribution is 0.0927. The van der Waals surface area contributed by atoms with Crippen molar-refractivity contribution in [2.45, 2.75) is 44.7 Å². The van der Waals surface area contributed by atoms with Crippen LogP contribution in [0.25, 0.3) is 0 Å². The summed E-state index contributed by atoms with van der Waals surface area (Å²) in [6.45, 7) is 0.731. The van der Waals surface area contributed by atoms with E-state index in [4.69, 9.17) is 0 Å². The topological polar surface area (TPSA) is 58.1 Å². The summed E-state index contributed by atoms with van der Waals surface area (Å²) in [7, 11) is 1.95. The lowest BCUT2D eigenvalue weighted by Gasteiger charge is -2.22. The van der Waals surface area contributed by atoms with Crippen LogP contribution in [-0.2, 0) is 6.54 Å². The van der Waals surface area contributed by atoms with Crippen molar-refractivity contribution in [2.75, 3.05) is 11.9 Å². The van der Waals surface area contributed by atoms with E-state index in [1.165, 1.54) is 24.8 Å². The number of rotatable bonds is 5. The smallest absolute Gasteiger partial charge is 0.254 e. The van der Waals surface area contributed by atoms with Gasteiger partial charge in [-0.15, -0.1) is 0 Å². The summed E-state index contributed by atoms with van der Waals surface area (Å²) in [4.78, 5) is 22.9. The highest BCUT2D eigenvalue weighted by Crippen LogP contribution is 2.18. The van der Waals surface area contributed by atoms with Crippen molar-refractivity contribution in [1.29, 1.82) is 0 Å². The quantitative estimate of drug-likeness (QED) is 0.918. The molecule has 0 aliphatic heterocycles. The normalized spacial score (nSPS) is 15.0. The number of carbonyl (C=O) groups is 1. The van der Waals surface area contributed by atoms with Crippen molar-refractivity contribution in [3.05, 3.63) is 53.9 Å². The van der Waals surface area contributed by atoms with E-state index in [-0.39, 0.29) is 5.91 Å². The first-order valence-electron chi connectivity index (χ1n) is 8.60. The van der Waals surface area contributed by atoms with Crippen LogP contribution in [0.3, 0.4) is 0 Å². The highest BCUT2D eigenvalue weighted by Gasteiger charge is 2.17. The van der Waals surface area contributed by atoms with Gasteiger partial charge in [-0.1, -0.05) is 49.6 Å². The third-order valence-corrected chi connectivity index (χ3v) is 4.44. The van der Waals surface area contributed by atoms with Gasteiger partial charge in [0, 0.05) is 32.0 Å². The molecule has 5 heteroatoms. The molecule has 0 atom stereocenters. The largest absolute Gasteiger partial charge is 0.349 e. The SMILES string of the molecule is CN(Cc1ccccc1)c1ncc(C(=O)NC2CCCCC2)cn1. The maximum atomic E-state index is 12.3. The molecular weight excluding hydrogens is 300 g/mol. The lowest BCUT2D eigenvalue weighted by Crippen LogP contribution is -2.36. The van der Waals surface area contributed by atoms with Gasteiger partial charge in [0.1, 0.15) is 0 Å². The molecule has 1 fully saturated rings. The summed E-state index contributed by atoms with van der Waals surface area (Å²) in [6, 6.07) is 10.5. The molecule has 3 rings (SSSR count). The molecule has 24 heavy (non-hydrogen) atoms. The summed E-state index contributed by atoms with van der Waals surface area (Å²) < 4.78 is 0. The number of hydrogen-bond acceptors (Lipinski definition) is 4. The number of nitrogens with one attached hydrogen (secondary N) is 1. The third kappa shape index (κ3) is 4.31. The fraction of sp³-hybridized carbons (Fsp3) is 0.421. The first-order valence-corrected chi connectivity index (χ1v) is 8.60. The fourth-order valence-electron chi connectivity index (χ4n) is 3.08. The molecule has 0 bridgehead atoms. The molecule has 0 radical (unpaired) electrons. The van der Waals surface area contributed by atoms with Crippen molar-refractivity contribution in [2.24, 2.45) is 0 Å². The molecule has 0 spiro atoms. The molecule has 1 N–H and O–H groups in total. The Kier molecular flexibility index (Phi) is 5.41. The monoisotopic (exact) mass is 324 g/mol. The van der Waals surface area contributed by atoms with E-state index < -0.39 is 0 Å². The fourth-order valence-corrected chi connectivity index (χ4v) is 3.08. The van der Waals surface area contributed by atoms with Crippen LogP contribution in [0.5, 0.6) is 0 Å². The van der Waals surface area contributed by atoms with E-state index >= 15 is 0 Å². The molecule has 2 aromatic rings. The van der Waals surface area contributed by atoms with Crippen LogP contribution in [0.2, 0.25) is 0 Å². The second-order valence-corrected chi connectivity index (χ2v) is 6.42. The van der Waals surface area contributed by atoms with E-state index in [9.17, 15) is 4.79 Å². The number of anilines is 1. The highest BCUT2D eigenvalue weighted by molar-refractivity contribution is 5.93. The van der Waals surface area contributed by atoms with Gasteiger partial charge in [0.15, 0.2) is 0 Å². The number of carbonyl (C=O) groups excluding carboxylic acids is 1. The zero-order chi connectivity index (χ0) is 16.8. The van der Waals surface area contributed by atoms with Gasteiger partial charge in [-0.25, -0.2) is 9.97 Å². The molecular formula is C19H24N4O. The zero-order valence-corrected chi connectivity index (χ0v) is 14.1. The van der Waals surface area contributed by atoms with Gasteiger partial charge >= 0.3 is 0 Å². The Bertz CT molecular complexity index is 651. The van der Waals surface area contributed by atoms with Gasteiger partial charge in [-0.3, -0.25) is 4.79 Å². The standard InChI is InChI=1S/C19H24N4O/c1-23(14-15-8-4-2-5-9-15)19-20-12-16(13-21-19)18(24)22-17-10-6-3-7-11-17/h2,4-5,8-9,12-13,17H,3,6-7,10-11,14H2,1H3,(H,22,24). The second-order valence-electron chi connectivity index (χ2n) is 6.42. The van der Waals surface area contributed by atoms with E-state index in [2.05, 4.69) is 27.4 Å². The first kappa shape index (κ1) is 16.4. The Balaban J connectivity index is 1.59. The molecule has 126 valence electrons. The summed E-state index contributed by atoms with van der Waals surface area (Å²) >= 11 is 0. The molecule has 1 aromatic carbocycles. The van der Waals surface area contributed by atoms with Crippen LogP contribution < -0.4 is 10.2 Å². The van der Waals surface area contributed by atoms with Crippen LogP contribution >= 0.6 is 0 Å². The zero-order valence-electron chi connectivity index (χ0n) is 14.1. The van der Waals surface area contributed by atoms with E-state index in [0.717, 1.165) is 19.4 Å². The minimum absolute atomic E-state index is 0.0702. The predicted octanol–water partition coefficient (Wildman–Crippen LogP) is 3.18. The molecule has 1 amide bonds. The van der Waals surface area contributed by atoms with Crippen molar-refractivity contribution >= 4 is 11.9 Å². The number of nitrogens with zero attached hydrogens (tertiary/aromatic N) is 3. The van der Waals surface area contributed by atoms with Crippen molar-refractivity contribution < 1.29 is 4.79 Å². The van der Waals surface area contributed by atoms with Gasteiger partial charge in [0.25, 0.3) is 5.91 Å². The van der Waals surface area contributed by atoms with Gasteiger partial charge in [-0.05, 0) is 18.4 Å². The molecule has 1 aliphatic carbocycles. The molecule has 1 heterocycles. The average molecular weight is 324 g/mol. The second kappa shape index (κ2) is 7.90. The van der Waals surface area contributed by atoms with Crippen molar-refractivity contribution in [3.8, 4) is 0 Å². The first-order chi connectivity index (χ1) is 11.7. The molecule has 1 aromatic heterocycles. The van der Waals surface area contributed by atoms with E-state index in [1.807, 2.05) is 30.1 Å². The minimum atomic E-state index is -0.0702. The van der Waals surface area contributed by atoms with Gasteiger partial charge in [0.05, 0.1) is 5.56 Å². The summed E-state index contributed by atoms with van der Waals surface area (Å²) in [6.07, 6.45) is 9.05. The molecule has 0 saturated heterocycles. The maximum Gasteiger partial charge on any atom is 0.254 e. The average Bonchev–Trinajstić information content (AvgIpc) is 2.63. The van der Waals surface area contributed by atoms with E-state index in [0.29, 0.717) is 17.6 Å². The van der Waals surface area contributed by atoms with Gasteiger partial charge < -0.3 is 10.2 Å². The van der Waals surface area contributed by atoms with Gasteiger partial charge in [0.2, 0.25) is 5.95 Å². The van der Waals surface area contributed by atoms with Crippen LogP contribution in [-0.4, -0.2) is 29.0 Å². The third-order valence-electron chi connectivity index (χ3n) is 4.44. The van der Waals surface area contributed by atoms with Crippen molar-refractivity contribution in [1.82, 2.24) is 15.3 Å². The minimum Gasteiger partial charge on any atom is -0.349 e. The Morgan fingerprint density at radius 1 is 1.12 bits per heavy atom. The lowest BCUT2D eigenvalue weighted by atomic mass is 9.95. The van der Waals surface area contributed by atoms with Crippen LogP contribution in [0.15, 0.2) is 42.7 Å². The van der Waals surface area contributed by atoms with Crippen LogP contribution in [0, 0.1) is 0 Å². The van der Waals surface area contributed by atoms with Gasteiger partial charge in [-0.2, -0.15) is 0 Å². The molecule has 5 nitrogen and oxygen atoms in total. The Morgan fingerprint density at radius 2 is 1.79 bits per heavy atom. The summed E-state index contributed by atoms with van der Waals surface area (Å²) in [5.74, 6) is 0.548. The predicted molar refractivity (Wildman–Crippen MR) is 94.9 cm³/mol. The molecule has 1 saturated carbocycles. The Hall–Kier alpha value is -2.43. The highest BCUT2D eigenvalue weighted by atomic mass is 16.1. The summed E-state index contributed by atoms with van der Waals surface area (Å²) in [5.41, 5.74) is 1.72.